The first-order chi connectivity index (χ1) is 14.4. The van der Waals surface area contributed by atoms with Crippen molar-refractivity contribution < 1.29 is 14.0 Å². The van der Waals surface area contributed by atoms with Gasteiger partial charge in [0, 0.05) is 17.1 Å². The first kappa shape index (κ1) is 19.7. The van der Waals surface area contributed by atoms with Gasteiger partial charge in [-0.25, -0.2) is 4.79 Å². The summed E-state index contributed by atoms with van der Waals surface area (Å²) in [7, 11) is 0. The zero-order valence-corrected chi connectivity index (χ0v) is 16.4. The Morgan fingerprint density at radius 1 is 1.20 bits per heavy atom. The maximum atomic E-state index is 12.6. The molecule has 0 bridgehead atoms. The van der Waals surface area contributed by atoms with Gasteiger partial charge in [-0.3, -0.25) is 23.9 Å². The number of aromatic nitrogens is 2. The third-order valence-electron chi connectivity index (χ3n) is 4.81. The number of fused-ring (bicyclic) bond motifs is 1. The molecule has 3 N–H and O–H groups in total. The zero-order chi connectivity index (χ0) is 21.3. The molecular weight excluding hydrogens is 412 g/mol. The van der Waals surface area contributed by atoms with E-state index in [-0.39, 0.29) is 36.7 Å². The number of hydrogen-bond acceptors (Lipinski definition) is 5. The summed E-state index contributed by atoms with van der Waals surface area (Å²) in [6.45, 7) is 0.0486. The van der Waals surface area contributed by atoms with Crippen molar-refractivity contribution in [1.29, 1.82) is 0 Å². The fourth-order valence-corrected chi connectivity index (χ4v) is 3.47. The summed E-state index contributed by atoms with van der Waals surface area (Å²) in [6, 6.07) is 9.92. The highest BCUT2D eigenvalue weighted by Crippen LogP contribution is 2.25. The van der Waals surface area contributed by atoms with Crippen molar-refractivity contribution in [2.45, 2.75) is 19.4 Å². The van der Waals surface area contributed by atoms with Gasteiger partial charge in [0.25, 0.3) is 5.56 Å². The van der Waals surface area contributed by atoms with Gasteiger partial charge in [-0.15, -0.1) is 0 Å². The molecule has 0 spiro atoms. The van der Waals surface area contributed by atoms with Gasteiger partial charge in [0.15, 0.2) is 0 Å². The quantitative estimate of drug-likeness (QED) is 0.572. The number of furan rings is 1. The highest BCUT2D eigenvalue weighted by molar-refractivity contribution is 6.30. The predicted molar refractivity (Wildman–Crippen MR) is 110 cm³/mol. The number of halogens is 1. The van der Waals surface area contributed by atoms with E-state index in [4.69, 9.17) is 16.0 Å². The van der Waals surface area contributed by atoms with Gasteiger partial charge in [-0.05, 0) is 42.8 Å². The molecule has 9 nitrogen and oxygen atoms in total. The van der Waals surface area contributed by atoms with E-state index in [2.05, 4.69) is 15.6 Å². The number of anilines is 2. The third kappa shape index (κ3) is 4.06. The Hall–Kier alpha value is -3.59. The normalized spacial score (nSPS) is 15.4. The van der Waals surface area contributed by atoms with Crippen LogP contribution in [0, 0.1) is 5.92 Å². The topological polar surface area (TPSA) is 126 Å². The molecule has 154 valence electrons. The SMILES string of the molecule is O=C(CC1Cc2c(n(Cc3ccco3)c(=O)[nH]c2=O)NC1=O)Nc1ccc(Cl)cc1. The van der Waals surface area contributed by atoms with Crippen LogP contribution >= 0.6 is 11.6 Å². The van der Waals surface area contributed by atoms with Gasteiger partial charge in [-0.2, -0.15) is 0 Å². The first-order valence-electron chi connectivity index (χ1n) is 9.15. The molecule has 0 radical (unpaired) electrons. The number of hydrogen-bond donors (Lipinski definition) is 3. The second-order valence-corrected chi connectivity index (χ2v) is 7.34. The fraction of sp³-hybridized carbons (Fsp3) is 0.200. The predicted octanol–water partition coefficient (Wildman–Crippen LogP) is 1.97. The van der Waals surface area contributed by atoms with Crippen molar-refractivity contribution in [2.24, 2.45) is 5.92 Å². The number of nitrogens with zero attached hydrogens (tertiary/aromatic N) is 1. The molecule has 4 rings (SSSR count). The summed E-state index contributed by atoms with van der Waals surface area (Å²) >= 11 is 5.83. The van der Waals surface area contributed by atoms with Crippen molar-refractivity contribution in [2.75, 3.05) is 10.6 Å². The number of benzene rings is 1. The van der Waals surface area contributed by atoms with Crippen molar-refractivity contribution >= 4 is 34.9 Å². The number of carbonyl (C=O) groups is 2. The Balaban J connectivity index is 1.55. The van der Waals surface area contributed by atoms with Crippen molar-refractivity contribution in [1.82, 2.24) is 9.55 Å². The molecule has 2 amide bonds. The fourth-order valence-electron chi connectivity index (χ4n) is 3.35. The average molecular weight is 429 g/mol. The van der Waals surface area contributed by atoms with Gasteiger partial charge in [0.1, 0.15) is 11.6 Å². The number of H-pyrrole nitrogens is 1. The summed E-state index contributed by atoms with van der Waals surface area (Å²) < 4.78 is 6.49. The van der Waals surface area contributed by atoms with Crippen LogP contribution in [-0.4, -0.2) is 21.4 Å². The largest absolute Gasteiger partial charge is 0.467 e. The standard InChI is InChI=1S/C20H17ClN4O5/c21-12-3-5-13(6-4-12)22-16(26)9-11-8-15-17(23-18(11)27)25(20(29)24-19(15)28)10-14-2-1-7-30-14/h1-7,11H,8-10H2,(H,22,26)(H,23,27)(H,24,28,29). The molecule has 1 aliphatic heterocycles. The van der Waals surface area contributed by atoms with E-state index in [0.29, 0.717) is 16.5 Å². The van der Waals surface area contributed by atoms with Crippen LogP contribution in [0.25, 0.3) is 0 Å². The lowest BCUT2D eigenvalue weighted by Crippen LogP contribution is -2.42. The average Bonchev–Trinajstić information content (AvgIpc) is 3.21. The van der Waals surface area contributed by atoms with Crippen LogP contribution in [0.3, 0.4) is 0 Å². The monoisotopic (exact) mass is 428 g/mol. The van der Waals surface area contributed by atoms with Crippen LogP contribution in [0.2, 0.25) is 5.02 Å². The van der Waals surface area contributed by atoms with E-state index in [0.717, 1.165) is 0 Å². The van der Waals surface area contributed by atoms with Gasteiger partial charge in [-0.1, -0.05) is 11.6 Å². The summed E-state index contributed by atoms with van der Waals surface area (Å²) in [5, 5.41) is 5.85. The van der Waals surface area contributed by atoms with Gasteiger partial charge >= 0.3 is 5.69 Å². The summed E-state index contributed by atoms with van der Waals surface area (Å²) in [6.07, 6.45) is 1.38. The van der Waals surface area contributed by atoms with Gasteiger partial charge < -0.3 is 15.1 Å². The van der Waals surface area contributed by atoms with Crippen LogP contribution in [-0.2, 0) is 22.6 Å². The molecule has 0 saturated heterocycles. The summed E-state index contributed by atoms with van der Waals surface area (Å²) in [5.74, 6) is -0.946. The molecule has 1 aliphatic rings. The van der Waals surface area contributed by atoms with Crippen molar-refractivity contribution in [3.8, 4) is 0 Å². The van der Waals surface area contributed by atoms with E-state index < -0.39 is 23.1 Å². The van der Waals surface area contributed by atoms with Crippen molar-refractivity contribution in [3.63, 3.8) is 0 Å². The number of carbonyl (C=O) groups excluding carboxylic acids is 2. The van der Waals surface area contributed by atoms with Crippen LogP contribution in [0.4, 0.5) is 11.5 Å². The maximum Gasteiger partial charge on any atom is 0.330 e. The molecular formula is C20H17ClN4O5. The number of aromatic amines is 1. The number of nitrogens with one attached hydrogen (secondary N) is 3. The Kier molecular flexibility index (Phi) is 5.28. The van der Waals surface area contributed by atoms with E-state index in [1.54, 1.807) is 36.4 Å². The van der Waals surface area contributed by atoms with Crippen LogP contribution in [0.5, 0.6) is 0 Å². The molecule has 10 heteroatoms. The highest BCUT2D eigenvalue weighted by atomic mass is 35.5. The Morgan fingerprint density at radius 3 is 2.67 bits per heavy atom. The van der Waals surface area contributed by atoms with E-state index in [1.165, 1.54) is 10.8 Å². The number of amides is 2. The smallest absolute Gasteiger partial charge is 0.330 e. The maximum absolute atomic E-state index is 12.6. The molecule has 1 aromatic carbocycles. The molecule has 0 fully saturated rings. The molecule has 1 atom stereocenters. The van der Waals surface area contributed by atoms with E-state index >= 15 is 0 Å². The van der Waals surface area contributed by atoms with E-state index in [9.17, 15) is 19.2 Å². The Labute approximate surface area is 174 Å². The third-order valence-corrected chi connectivity index (χ3v) is 5.06. The number of rotatable bonds is 5. The molecule has 30 heavy (non-hydrogen) atoms. The van der Waals surface area contributed by atoms with Crippen LogP contribution in [0.15, 0.2) is 56.7 Å². The molecule has 2 aromatic heterocycles. The van der Waals surface area contributed by atoms with Crippen molar-refractivity contribution in [3.05, 3.63) is 79.8 Å². The summed E-state index contributed by atoms with van der Waals surface area (Å²) in [4.78, 5) is 51.8. The molecule has 3 heterocycles. The lowest BCUT2D eigenvalue weighted by molar-refractivity contribution is -0.125. The van der Waals surface area contributed by atoms with Crippen LogP contribution in [0.1, 0.15) is 17.7 Å². The van der Waals surface area contributed by atoms with Crippen LogP contribution < -0.4 is 21.9 Å². The Morgan fingerprint density at radius 2 is 1.97 bits per heavy atom. The van der Waals surface area contributed by atoms with Gasteiger partial charge in [0.2, 0.25) is 11.8 Å². The minimum atomic E-state index is -0.750. The minimum Gasteiger partial charge on any atom is -0.467 e. The first-order valence-corrected chi connectivity index (χ1v) is 9.53. The zero-order valence-electron chi connectivity index (χ0n) is 15.6. The lowest BCUT2D eigenvalue weighted by Gasteiger charge is -2.25. The second kappa shape index (κ2) is 8.03. The highest BCUT2D eigenvalue weighted by Gasteiger charge is 2.32. The second-order valence-electron chi connectivity index (χ2n) is 6.90. The minimum absolute atomic E-state index is 0.0307. The van der Waals surface area contributed by atoms with Gasteiger partial charge in [0.05, 0.1) is 24.3 Å². The molecule has 0 saturated carbocycles. The lowest BCUT2D eigenvalue weighted by atomic mass is 9.92. The summed E-state index contributed by atoms with van der Waals surface area (Å²) in [5.41, 5.74) is -0.459. The van der Waals surface area contributed by atoms with E-state index in [1.807, 2.05) is 0 Å². The molecule has 1 unspecified atom stereocenters. The molecule has 0 aliphatic carbocycles. The molecule has 3 aromatic rings. The Bertz CT molecular complexity index is 1210.